The largest absolute Gasteiger partial charge is 0.508 e. The molecule has 0 saturated carbocycles. The van der Waals surface area contributed by atoms with Gasteiger partial charge in [-0.05, 0) is 32.0 Å². The molecule has 0 radical (unpaired) electrons. The Morgan fingerprint density at radius 3 is 2.65 bits per heavy atom. The molecule has 0 spiro atoms. The van der Waals surface area contributed by atoms with Gasteiger partial charge in [0.15, 0.2) is 0 Å². The summed E-state index contributed by atoms with van der Waals surface area (Å²) in [4.78, 5) is 11.5. The first-order valence-electron chi connectivity index (χ1n) is 6.50. The zero-order valence-corrected chi connectivity index (χ0v) is 11.5. The van der Waals surface area contributed by atoms with Crippen LogP contribution in [-0.4, -0.2) is 14.8 Å². The summed E-state index contributed by atoms with van der Waals surface area (Å²) >= 11 is 0. The van der Waals surface area contributed by atoms with Crippen LogP contribution in [0.25, 0.3) is 0 Å². The molecule has 0 aliphatic carbocycles. The maximum Gasteiger partial charge on any atom is 0.250 e. The van der Waals surface area contributed by atoms with Crippen LogP contribution >= 0.6 is 0 Å². The van der Waals surface area contributed by atoms with E-state index in [0.29, 0.717) is 12.1 Å². The Morgan fingerprint density at radius 2 is 2.00 bits per heavy atom. The highest BCUT2D eigenvalue weighted by Crippen LogP contribution is 2.29. The Balaban J connectivity index is 2.23. The summed E-state index contributed by atoms with van der Waals surface area (Å²) in [6, 6.07) is 7.56. The van der Waals surface area contributed by atoms with Crippen LogP contribution in [0.1, 0.15) is 25.5 Å². The molecule has 20 heavy (non-hydrogen) atoms. The number of pyridine rings is 1. The molecule has 3 N–H and O–H groups in total. The van der Waals surface area contributed by atoms with Gasteiger partial charge in [0, 0.05) is 30.4 Å². The third-order valence-electron chi connectivity index (χ3n) is 3.19. The van der Waals surface area contributed by atoms with Crippen LogP contribution in [0.15, 0.2) is 41.3 Å². The number of nitrogens with zero attached hydrogens (tertiary/aromatic N) is 1. The van der Waals surface area contributed by atoms with Gasteiger partial charge in [-0.25, -0.2) is 0 Å². The molecule has 0 fully saturated rings. The number of hydrogen-bond donors (Lipinski definition) is 3. The number of aromatic nitrogens is 1. The van der Waals surface area contributed by atoms with E-state index in [4.69, 9.17) is 0 Å². The molecule has 0 amide bonds. The van der Waals surface area contributed by atoms with Crippen LogP contribution in [0.4, 0.5) is 5.69 Å². The van der Waals surface area contributed by atoms with Crippen LogP contribution in [0.5, 0.6) is 11.5 Å². The van der Waals surface area contributed by atoms with Crippen molar-refractivity contribution in [3.8, 4) is 11.5 Å². The average Bonchev–Trinajstić information content (AvgIpc) is 2.40. The monoisotopic (exact) mass is 274 g/mol. The Hall–Kier alpha value is -2.43. The molecule has 0 aliphatic rings. The number of rotatable bonds is 4. The number of nitrogens with one attached hydrogen (secondary N) is 1. The van der Waals surface area contributed by atoms with Gasteiger partial charge < -0.3 is 20.1 Å². The summed E-state index contributed by atoms with van der Waals surface area (Å²) < 4.78 is 1.60. The van der Waals surface area contributed by atoms with Crippen LogP contribution in [-0.2, 0) is 6.54 Å². The first-order chi connectivity index (χ1) is 9.51. The molecular formula is C15H18N2O3. The fourth-order valence-electron chi connectivity index (χ4n) is 2.09. The molecule has 0 aliphatic heterocycles. The molecule has 5 heteroatoms. The van der Waals surface area contributed by atoms with Crippen molar-refractivity contribution in [3.63, 3.8) is 0 Å². The van der Waals surface area contributed by atoms with Crippen molar-refractivity contribution in [2.45, 2.75) is 26.4 Å². The molecule has 106 valence electrons. The van der Waals surface area contributed by atoms with E-state index < -0.39 is 0 Å². The maximum absolute atomic E-state index is 11.5. The molecule has 5 nitrogen and oxygen atoms in total. The standard InChI is InChI=1S/C15H18N2O3/c1-3-17-9-11(4-7-15(17)20)16-10(2)13-6-5-12(18)8-14(13)19/h4-10,16,18-19H,3H2,1-2H3. The topological polar surface area (TPSA) is 74.5 Å². The van der Waals surface area contributed by atoms with Gasteiger partial charge in [0.2, 0.25) is 0 Å². The second-order valence-corrected chi connectivity index (χ2v) is 4.65. The van der Waals surface area contributed by atoms with E-state index in [1.54, 1.807) is 22.9 Å². The van der Waals surface area contributed by atoms with Gasteiger partial charge in [-0.15, -0.1) is 0 Å². The molecule has 0 bridgehead atoms. The zero-order chi connectivity index (χ0) is 14.7. The number of aromatic hydroxyl groups is 2. The van der Waals surface area contributed by atoms with Gasteiger partial charge in [0.05, 0.1) is 11.7 Å². The van der Waals surface area contributed by atoms with E-state index in [0.717, 1.165) is 5.69 Å². The van der Waals surface area contributed by atoms with Crippen LogP contribution < -0.4 is 10.9 Å². The van der Waals surface area contributed by atoms with Crippen molar-refractivity contribution in [2.24, 2.45) is 0 Å². The van der Waals surface area contributed by atoms with Crippen molar-refractivity contribution >= 4 is 5.69 Å². The van der Waals surface area contributed by atoms with Crippen LogP contribution in [0, 0.1) is 0 Å². The van der Waals surface area contributed by atoms with E-state index in [9.17, 15) is 15.0 Å². The first-order valence-corrected chi connectivity index (χ1v) is 6.50. The normalized spacial score (nSPS) is 12.1. The minimum Gasteiger partial charge on any atom is -0.508 e. The van der Waals surface area contributed by atoms with E-state index >= 15 is 0 Å². The predicted octanol–water partition coefficient (Wildman–Crippen LogP) is 2.45. The van der Waals surface area contributed by atoms with Gasteiger partial charge in [-0.2, -0.15) is 0 Å². The van der Waals surface area contributed by atoms with E-state index in [1.165, 1.54) is 18.2 Å². The fourth-order valence-corrected chi connectivity index (χ4v) is 2.09. The van der Waals surface area contributed by atoms with Gasteiger partial charge in [0.1, 0.15) is 11.5 Å². The highest BCUT2D eigenvalue weighted by Gasteiger charge is 2.11. The minimum atomic E-state index is -0.154. The van der Waals surface area contributed by atoms with Crippen molar-refractivity contribution in [2.75, 3.05) is 5.32 Å². The van der Waals surface area contributed by atoms with E-state index in [-0.39, 0.29) is 23.1 Å². The molecule has 1 unspecified atom stereocenters. The molecule has 1 aromatic carbocycles. The minimum absolute atomic E-state index is 0.0259. The van der Waals surface area contributed by atoms with Crippen molar-refractivity contribution in [1.82, 2.24) is 4.57 Å². The SMILES string of the molecule is CCn1cc(NC(C)c2ccc(O)cc2O)ccc1=O. The van der Waals surface area contributed by atoms with Gasteiger partial charge >= 0.3 is 0 Å². The number of phenols is 2. The summed E-state index contributed by atoms with van der Waals surface area (Å²) in [7, 11) is 0. The van der Waals surface area contributed by atoms with Gasteiger partial charge in [0.25, 0.3) is 5.56 Å². The quantitative estimate of drug-likeness (QED) is 0.800. The third-order valence-corrected chi connectivity index (χ3v) is 3.19. The fraction of sp³-hybridized carbons (Fsp3) is 0.267. The number of anilines is 1. The first kappa shape index (κ1) is 14.0. The van der Waals surface area contributed by atoms with Crippen molar-refractivity contribution in [3.05, 3.63) is 52.4 Å². The number of phenolic OH excluding ortho intramolecular Hbond substituents is 2. The number of hydrogen-bond acceptors (Lipinski definition) is 4. The van der Waals surface area contributed by atoms with Crippen molar-refractivity contribution in [1.29, 1.82) is 0 Å². The summed E-state index contributed by atoms with van der Waals surface area (Å²) in [5.74, 6) is 0.0618. The van der Waals surface area contributed by atoms with Crippen molar-refractivity contribution < 1.29 is 10.2 Å². The second-order valence-electron chi connectivity index (χ2n) is 4.65. The lowest BCUT2D eigenvalue weighted by Gasteiger charge is -2.17. The number of benzene rings is 1. The maximum atomic E-state index is 11.5. The highest BCUT2D eigenvalue weighted by atomic mass is 16.3. The van der Waals surface area contributed by atoms with Crippen LogP contribution in [0.3, 0.4) is 0 Å². The van der Waals surface area contributed by atoms with E-state index in [2.05, 4.69) is 5.32 Å². The molecule has 2 aromatic rings. The lowest BCUT2D eigenvalue weighted by atomic mass is 10.1. The molecular weight excluding hydrogens is 256 g/mol. The summed E-state index contributed by atoms with van der Waals surface area (Å²) in [5.41, 5.74) is 1.43. The summed E-state index contributed by atoms with van der Waals surface area (Å²) in [6.45, 7) is 4.40. The summed E-state index contributed by atoms with van der Waals surface area (Å²) in [5, 5.41) is 22.3. The molecule has 0 saturated heterocycles. The molecule has 1 heterocycles. The van der Waals surface area contributed by atoms with Crippen LogP contribution in [0.2, 0.25) is 0 Å². The Bertz CT molecular complexity index is 664. The lowest BCUT2D eigenvalue weighted by Crippen LogP contribution is -2.18. The Kier molecular flexibility index (Phi) is 3.98. The van der Waals surface area contributed by atoms with Gasteiger partial charge in [-0.1, -0.05) is 0 Å². The lowest BCUT2D eigenvalue weighted by molar-refractivity contribution is 0.444. The average molecular weight is 274 g/mol. The number of aryl methyl sites for hydroxylation is 1. The molecule has 1 aromatic heterocycles. The second kappa shape index (κ2) is 5.69. The molecule has 1 atom stereocenters. The Labute approximate surface area is 117 Å². The highest BCUT2D eigenvalue weighted by molar-refractivity contribution is 5.47. The third kappa shape index (κ3) is 2.93. The summed E-state index contributed by atoms with van der Waals surface area (Å²) in [6.07, 6.45) is 1.75. The van der Waals surface area contributed by atoms with Gasteiger partial charge in [-0.3, -0.25) is 4.79 Å². The van der Waals surface area contributed by atoms with E-state index in [1.807, 2.05) is 13.8 Å². The zero-order valence-electron chi connectivity index (χ0n) is 11.5. The predicted molar refractivity (Wildman–Crippen MR) is 78.2 cm³/mol. The smallest absolute Gasteiger partial charge is 0.250 e. The molecule has 2 rings (SSSR count). The Morgan fingerprint density at radius 1 is 1.25 bits per heavy atom.